The maximum absolute atomic E-state index is 4.15. The third kappa shape index (κ3) is 3.80. The molecule has 0 atom stereocenters. The molecule has 0 saturated carbocycles. The van der Waals surface area contributed by atoms with Crippen LogP contribution in [0, 0.1) is 0 Å². The van der Waals surface area contributed by atoms with Crippen LogP contribution < -0.4 is 4.65 Å². The Kier molecular flexibility index (Phi) is 5.01. The first-order valence-electron chi connectivity index (χ1n) is 6.61. The zero-order valence-corrected chi connectivity index (χ0v) is 15.0. The van der Waals surface area contributed by atoms with Crippen LogP contribution in [0.3, 0.4) is 0 Å². The molecule has 16 heavy (non-hydrogen) atoms. The fourth-order valence-electron chi connectivity index (χ4n) is 2.42. The molecule has 95 valence electrons. The molecule has 1 rings (SSSR count). The van der Waals surface area contributed by atoms with Gasteiger partial charge in [0.1, 0.15) is 7.75 Å². The molecule has 1 radical (unpaired) electrons. The van der Waals surface area contributed by atoms with Crippen LogP contribution in [-0.4, -0.2) is 42.1 Å². The molecule has 1 saturated heterocycles. The molecule has 1 fully saturated rings. The number of rotatable bonds is 4. The molecule has 0 amide bonds. The molecule has 2 nitrogen and oxygen atoms in total. The number of nitrogens with one attached hydrogen (secondary N) is 1. The Hall–Kier alpha value is 0.571. The molecular weight excluding hydrogens is 244 g/mol. The highest BCUT2D eigenvalue weighted by Gasteiger charge is 2.38. The highest BCUT2D eigenvalue weighted by molar-refractivity contribution is 7.32. The lowest BCUT2D eigenvalue weighted by Crippen LogP contribution is -2.71. The van der Waals surface area contributed by atoms with Crippen LogP contribution in [0.2, 0.25) is 39.3 Å². The minimum absolute atomic E-state index is 0.146. The number of hydrogen-bond acceptors (Lipinski definition) is 2. The number of nitrogens with zero attached hydrogens (tertiary/aromatic N) is 1. The summed E-state index contributed by atoms with van der Waals surface area (Å²) >= 11 is 0. The predicted octanol–water partition coefficient (Wildman–Crippen LogP) is 2.80. The summed E-state index contributed by atoms with van der Waals surface area (Å²) in [4.78, 5) is 0. The fraction of sp³-hybridized carbons (Fsp3) is 1.00. The smallest absolute Gasteiger partial charge is 0.190 e. The monoisotopic (exact) mass is 273 g/mol. The predicted molar refractivity (Wildman–Crippen MR) is 81.0 cm³/mol. The number of piperidine rings is 1. The van der Waals surface area contributed by atoms with Crippen molar-refractivity contribution in [3.05, 3.63) is 0 Å². The van der Waals surface area contributed by atoms with Crippen LogP contribution in [0.4, 0.5) is 0 Å². The molecule has 1 heterocycles. The van der Waals surface area contributed by atoms with Crippen LogP contribution in [-0.2, 0) is 0 Å². The Labute approximate surface area is 105 Å². The molecule has 0 spiro atoms. The van der Waals surface area contributed by atoms with Gasteiger partial charge >= 0.3 is 0 Å². The highest BCUT2D eigenvalue weighted by Crippen LogP contribution is 2.18. The van der Waals surface area contributed by atoms with E-state index >= 15 is 0 Å². The second kappa shape index (κ2) is 5.48. The average Bonchev–Trinajstić information content (AvgIpc) is 2.17. The van der Waals surface area contributed by atoms with Gasteiger partial charge in [-0.2, -0.15) is 0 Å². The van der Waals surface area contributed by atoms with E-state index in [4.69, 9.17) is 0 Å². The van der Waals surface area contributed by atoms with Crippen molar-refractivity contribution in [3.63, 3.8) is 0 Å². The van der Waals surface area contributed by atoms with Crippen LogP contribution in [0.15, 0.2) is 0 Å². The minimum atomic E-state index is -1.33. The molecule has 0 aliphatic carbocycles. The molecule has 0 aromatic rings. The topological polar surface area (TPSA) is 15.3 Å². The molecule has 1 aliphatic rings. The van der Waals surface area contributed by atoms with Crippen molar-refractivity contribution < 1.29 is 0 Å². The van der Waals surface area contributed by atoms with Crippen molar-refractivity contribution >= 4 is 24.5 Å². The summed E-state index contributed by atoms with van der Waals surface area (Å²) in [7, 11) is -2.60. The summed E-state index contributed by atoms with van der Waals surface area (Å²) in [5, 5.41) is 0. The van der Waals surface area contributed by atoms with Crippen molar-refractivity contribution in [1.29, 1.82) is 0 Å². The van der Waals surface area contributed by atoms with Gasteiger partial charge in [-0.05, 0) is 39.0 Å². The molecular formula is C11H29N2Si3. The van der Waals surface area contributed by atoms with Gasteiger partial charge in [0.2, 0.25) is 0 Å². The van der Waals surface area contributed by atoms with E-state index in [-0.39, 0.29) is 8.31 Å². The summed E-state index contributed by atoms with van der Waals surface area (Å²) in [5.41, 5.74) is 0. The van der Waals surface area contributed by atoms with E-state index in [1.54, 1.807) is 0 Å². The summed E-state index contributed by atoms with van der Waals surface area (Å²) in [6, 6.07) is 0. The van der Waals surface area contributed by atoms with Crippen LogP contribution >= 0.6 is 0 Å². The third-order valence-corrected chi connectivity index (χ3v) is 22.1. The van der Waals surface area contributed by atoms with Gasteiger partial charge in [0.25, 0.3) is 0 Å². The first kappa shape index (κ1) is 14.6. The first-order valence-corrected chi connectivity index (χ1v) is 16.1. The molecule has 0 aromatic heterocycles. The van der Waals surface area contributed by atoms with Gasteiger partial charge in [-0.15, -0.1) is 0 Å². The molecule has 1 aliphatic heterocycles. The molecule has 0 aromatic carbocycles. The molecule has 0 unspecified atom stereocenters. The van der Waals surface area contributed by atoms with Crippen LogP contribution in [0.5, 0.6) is 0 Å². The maximum atomic E-state index is 4.15. The lowest BCUT2D eigenvalue weighted by Gasteiger charge is -2.45. The van der Waals surface area contributed by atoms with Crippen molar-refractivity contribution in [2.45, 2.75) is 58.5 Å². The second-order valence-corrected chi connectivity index (χ2v) is 23.1. The standard InChI is InChI=1S/C11H29N2Si3/c1-14(2)16(5,6)12-15(3,4)13-10-8-7-9-11-13/h12H,7-11H2,1-6H3. The van der Waals surface area contributed by atoms with Crippen LogP contribution in [0.1, 0.15) is 19.3 Å². The van der Waals surface area contributed by atoms with Crippen LogP contribution in [0.25, 0.3) is 0 Å². The van der Waals surface area contributed by atoms with Gasteiger partial charge in [0.15, 0.2) is 8.40 Å². The quantitative estimate of drug-likeness (QED) is 0.793. The van der Waals surface area contributed by atoms with E-state index in [9.17, 15) is 0 Å². The van der Waals surface area contributed by atoms with E-state index in [1.807, 2.05) is 0 Å². The molecule has 5 heteroatoms. The highest BCUT2D eigenvalue weighted by atomic mass is 29.2. The Morgan fingerprint density at radius 3 is 1.88 bits per heavy atom. The van der Waals surface area contributed by atoms with Crippen molar-refractivity contribution in [2.75, 3.05) is 13.1 Å². The largest absolute Gasteiger partial charge is 0.350 e. The van der Waals surface area contributed by atoms with Gasteiger partial charge in [0.05, 0.1) is 8.31 Å². The van der Waals surface area contributed by atoms with Gasteiger partial charge in [-0.25, -0.2) is 0 Å². The Bertz CT molecular complexity index is 223. The van der Waals surface area contributed by atoms with Gasteiger partial charge in [-0.1, -0.05) is 32.6 Å². The Morgan fingerprint density at radius 2 is 1.44 bits per heavy atom. The molecule has 1 N–H and O–H groups in total. The normalized spacial score (nSPS) is 20.4. The van der Waals surface area contributed by atoms with Gasteiger partial charge in [-0.3, -0.25) is 0 Å². The van der Waals surface area contributed by atoms with Crippen molar-refractivity contribution in [1.82, 2.24) is 9.21 Å². The summed E-state index contributed by atoms with van der Waals surface area (Å²) in [6.07, 6.45) is 4.27. The number of hydrogen-bond donors (Lipinski definition) is 1. The van der Waals surface area contributed by atoms with E-state index in [0.29, 0.717) is 0 Å². The summed E-state index contributed by atoms with van der Waals surface area (Å²) in [6.45, 7) is 17.7. The van der Waals surface area contributed by atoms with Gasteiger partial charge in [0, 0.05) is 0 Å². The minimum Gasteiger partial charge on any atom is -0.350 e. The van der Waals surface area contributed by atoms with E-state index in [1.165, 1.54) is 32.4 Å². The lowest BCUT2D eigenvalue weighted by molar-refractivity contribution is 0.341. The summed E-state index contributed by atoms with van der Waals surface area (Å²) < 4.78 is 6.94. The van der Waals surface area contributed by atoms with E-state index in [0.717, 1.165) is 0 Å². The SMILES string of the molecule is C[Si](C)[Si](C)(C)N[Si](C)(C)N1CCCCC1. The van der Waals surface area contributed by atoms with Gasteiger partial charge < -0.3 is 9.21 Å². The Balaban J connectivity index is 2.62. The summed E-state index contributed by atoms with van der Waals surface area (Å²) in [5.74, 6) is 0. The second-order valence-electron chi connectivity index (χ2n) is 6.36. The average molecular weight is 274 g/mol. The van der Waals surface area contributed by atoms with E-state index in [2.05, 4.69) is 48.5 Å². The molecule has 0 bridgehead atoms. The van der Waals surface area contributed by atoms with E-state index < -0.39 is 16.2 Å². The lowest BCUT2D eigenvalue weighted by atomic mass is 10.2. The van der Waals surface area contributed by atoms with Crippen molar-refractivity contribution in [2.24, 2.45) is 0 Å². The maximum Gasteiger partial charge on any atom is 0.190 e. The first-order chi connectivity index (χ1) is 7.26. The third-order valence-electron chi connectivity index (χ3n) is 4.02. The fourth-order valence-corrected chi connectivity index (χ4v) is 16.6. The zero-order valence-electron chi connectivity index (χ0n) is 12.0. The zero-order chi connectivity index (χ0) is 12.4. The van der Waals surface area contributed by atoms with Crippen molar-refractivity contribution in [3.8, 4) is 0 Å². The Morgan fingerprint density at radius 1 is 0.938 bits per heavy atom.